The van der Waals surface area contributed by atoms with Crippen molar-refractivity contribution < 1.29 is 18.7 Å². The van der Waals surface area contributed by atoms with Crippen LogP contribution in [0.5, 0.6) is 5.75 Å². The van der Waals surface area contributed by atoms with Gasteiger partial charge in [0.1, 0.15) is 18.2 Å². The monoisotopic (exact) mass is 503 g/mol. The van der Waals surface area contributed by atoms with Crippen molar-refractivity contribution in [1.29, 1.82) is 0 Å². The number of rotatable bonds is 6. The van der Waals surface area contributed by atoms with Crippen LogP contribution >= 0.6 is 23.4 Å². The lowest BCUT2D eigenvalue weighted by molar-refractivity contribution is -0.123. The van der Waals surface area contributed by atoms with E-state index in [1.54, 1.807) is 42.5 Å². The molecular weight excluding hydrogens is 485 g/mol. The predicted molar refractivity (Wildman–Crippen MR) is 138 cm³/mol. The molecule has 0 radical (unpaired) electrons. The van der Waals surface area contributed by atoms with Crippen molar-refractivity contribution in [2.45, 2.75) is 13.2 Å². The molecule has 35 heavy (non-hydrogen) atoms. The standard InChI is InChI=1S/C28H19ClFNO3S/c29-24-9-4-10-25(30)23(24)17-34-21-13-11-18(12-14-21)15-26-27(32)31(28(33)35-26)16-20-7-3-6-19-5-1-2-8-22(19)20/h1-15H,16-17H2/b26-15-. The Morgan fingerprint density at radius 2 is 1.66 bits per heavy atom. The minimum atomic E-state index is -0.423. The molecule has 0 atom stereocenters. The SMILES string of the molecule is O=C1S/C(=C\c2ccc(OCc3c(F)cccc3Cl)cc2)C(=O)N1Cc1cccc2ccccc12. The Hall–Kier alpha value is -3.61. The summed E-state index contributed by atoms with van der Waals surface area (Å²) in [6.07, 6.45) is 1.69. The van der Waals surface area contributed by atoms with Crippen molar-refractivity contribution in [2.75, 3.05) is 0 Å². The molecule has 174 valence electrons. The van der Waals surface area contributed by atoms with Crippen molar-refractivity contribution in [3.05, 3.63) is 117 Å². The lowest BCUT2D eigenvalue weighted by atomic mass is 10.0. The number of ether oxygens (including phenoxy) is 1. The van der Waals surface area contributed by atoms with Gasteiger partial charge in [-0.25, -0.2) is 4.39 Å². The van der Waals surface area contributed by atoms with E-state index in [-0.39, 0.29) is 29.9 Å². The van der Waals surface area contributed by atoms with E-state index in [4.69, 9.17) is 16.3 Å². The molecule has 4 nitrogen and oxygen atoms in total. The Kier molecular flexibility index (Phi) is 6.57. The number of fused-ring (bicyclic) bond motifs is 1. The lowest BCUT2D eigenvalue weighted by Gasteiger charge is -2.14. The second kappa shape index (κ2) is 9.94. The number of amides is 2. The summed E-state index contributed by atoms with van der Waals surface area (Å²) in [4.78, 5) is 27.2. The number of nitrogens with zero attached hydrogens (tertiary/aromatic N) is 1. The maximum absolute atomic E-state index is 13.9. The summed E-state index contributed by atoms with van der Waals surface area (Å²) in [5, 5.41) is 2.09. The lowest BCUT2D eigenvalue weighted by Crippen LogP contribution is -2.27. The summed E-state index contributed by atoms with van der Waals surface area (Å²) in [6, 6.07) is 25.2. The van der Waals surface area contributed by atoms with Gasteiger partial charge in [-0.05, 0) is 64.0 Å². The van der Waals surface area contributed by atoms with Gasteiger partial charge in [0, 0.05) is 5.56 Å². The summed E-state index contributed by atoms with van der Waals surface area (Å²) in [5.41, 5.74) is 1.96. The zero-order chi connectivity index (χ0) is 24.4. The van der Waals surface area contributed by atoms with Gasteiger partial charge in [0.05, 0.1) is 16.5 Å². The molecule has 0 bridgehead atoms. The number of halogens is 2. The van der Waals surface area contributed by atoms with Gasteiger partial charge < -0.3 is 4.74 Å². The maximum Gasteiger partial charge on any atom is 0.293 e. The van der Waals surface area contributed by atoms with Crippen molar-refractivity contribution in [1.82, 2.24) is 4.90 Å². The van der Waals surface area contributed by atoms with E-state index < -0.39 is 5.82 Å². The fourth-order valence-electron chi connectivity index (χ4n) is 3.87. The van der Waals surface area contributed by atoms with Gasteiger partial charge >= 0.3 is 0 Å². The zero-order valence-corrected chi connectivity index (χ0v) is 20.0. The molecule has 1 aliphatic heterocycles. The van der Waals surface area contributed by atoms with E-state index in [0.717, 1.165) is 33.7 Å². The van der Waals surface area contributed by atoms with Crippen LogP contribution in [0, 0.1) is 5.82 Å². The van der Waals surface area contributed by atoms with E-state index in [1.807, 2.05) is 42.5 Å². The van der Waals surface area contributed by atoms with E-state index >= 15 is 0 Å². The van der Waals surface area contributed by atoms with E-state index in [0.29, 0.717) is 15.7 Å². The van der Waals surface area contributed by atoms with E-state index in [2.05, 4.69) is 0 Å². The Balaban J connectivity index is 1.28. The predicted octanol–water partition coefficient (Wildman–Crippen LogP) is 7.45. The largest absolute Gasteiger partial charge is 0.489 e. The topological polar surface area (TPSA) is 46.6 Å². The first-order chi connectivity index (χ1) is 17.0. The van der Waals surface area contributed by atoms with Gasteiger partial charge in [-0.3, -0.25) is 14.5 Å². The Morgan fingerprint density at radius 1 is 0.914 bits per heavy atom. The quantitative estimate of drug-likeness (QED) is 0.256. The average molecular weight is 504 g/mol. The van der Waals surface area contributed by atoms with E-state index in [1.165, 1.54) is 11.0 Å². The molecule has 1 fully saturated rings. The fourth-order valence-corrected chi connectivity index (χ4v) is 4.93. The highest BCUT2D eigenvalue weighted by molar-refractivity contribution is 8.18. The number of hydrogen-bond donors (Lipinski definition) is 0. The van der Waals surface area contributed by atoms with Crippen LogP contribution in [-0.4, -0.2) is 16.0 Å². The number of thioether (sulfide) groups is 1. The summed E-state index contributed by atoms with van der Waals surface area (Å²) < 4.78 is 19.6. The third kappa shape index (κ3) is 4.94. The number of carbonyl (C=O) groups excluding carboxylic acids is 2. The van der Waals surface area contributed by atoms with Crippen molar-refractivity contribution in [3.8, 4) is 5.75 Å². The zero-order valence-electron chi connectivity index (χ0n) is 18.4. The minimum absolute atomic E-state index is 0.00207. The highest BCUT2D eigenvalue weighted by Gasteiger charge is 2.35. The molecule has 1 saturated heterocycles. The van der Waals surface area contributed by atoms with Crippen LogP contribution in [0.1, 0.15) is 16.7 Å². The van der Waals surface area contributed by atoms with Crippen molar-refractivity contribution in [3.63, 3.8) is 0 Å². The summed E-state index contributed by atoms with van der Waals surface area (Å²) in [7, 11) is 0. The molecule has 4 aromatic rings. The molecule has 1 aliphatic rings. The average Bonchev–Trinajstić information content (AvgIpc) is 3.12. The Bertz CT molecular complexity index is 1440. The van der Waals surface area contributed by atoms with Crippen molar-refractivity contribution >= 4 is 51.4 Å². The summed E-state index contributed by atoms with van der Waals surface area (Å²) >= 11 is 6.97. The molecule has 1 heterocycles. The van der Waals surface area contributed by atoms with Gasteiger partial charge in [-0.1, -0.05) is 72.3 Å². The van der Waals surface area contributed by atoms with E-state index in [9.17, 15) is 14.0 Å². The van der Waals surface area contributed by atoms with Crippen molar-refractivity contribution in [2.24, 2.45) is 0 Å². The van der Waals surface area contributed by atoms with Gasteiger partial charge in [0.25, 0.3) is 11.1 Å². The molecule has 0 unspecified atom stereocenters. The third-order valence-electron chi connectivity index (χ3n) is 5.70. The fraction of sp³-hybridized carbons (Fsp3) is 0.0714. The molecule has 0 saturated carbocycles. The number of carbonyl (C=O) groups is 2. The van der Waals surface area contributed by atoms with Gasteiger partial charge in [0.2, 0.25) is 0 Å². The highest BCUT2D eigenvalue weighted by Crippen LogP contribution is 2.34. The van der Waals surface area contributed by atoms with Gasteiger partial charge in [0.15, 0.2) is 0 Å². The van der Waals surface area contributed by atoms with Gasteiger partial charge in [-0.15, -0.1) is 0 Å². The molecule has 2 amide bonds. The first-order valence-corrected chi connectivity index (χ1v) is 12.1. The van der Waals surface area contributed by atoms with Crippen LogP contribution < -0.4 is 4.74 Å². The van der Waals surface area contributed by atoms with Gasteiger partial charge in [-0.2, -0.15) is 0 Å². The number of hydrogen-bond acceptors (Lipinski definition) is 4. The highest BCUT2D eigenvalue weighted by atomic mass is 35.5. The van der Waals surface area contributed by atoms with Crippen LogP contribution in [0.4, 0.5) is 9.18 Å². The van der Waals surface area contributed by atoms with Crippen LogP contribution in [0.25, 0.3) is 16.8 Å². The smallest absolute Gasteiger partial charge is 0.293 e. The summed E-state index contributed by atoms with van der Waals surface area (Å²) in [6.45, 7) is 0.215. The van der Waals surface area contributed by atoms with Crippen LogP contribution in [0.3, 0.4) is 0 Å². The Morgan fingerprint density at radius 3 is 2.46 bits per heavy atom. The first-order valence-electron chi connectivity index (χ1n) is 10.9. The molecule has 0 N–H and O–H groups in total. The van der Waals surface area contributed by atoms with Crippen LogP contribution in [-0.2, 0) is 17.9 Å². The second-order valence-corrected chi connectivity index (χ2v) is 9.36. The summed E-state index contributed by atoms with van der Waals surface area (Å²) in [5.74, 6) is -0.207. The Labute approximate surface area is 211 Å². The molecule has 5 rings (SSSR count). The molecule has 0 spiro atoms. The number of imide groups is 1. The molecule has 7 heteroatoms. The molecular formula is C28H19ClFNO3S. The third-order valence-corrected chi connectivity index (χ3v) is 6.97. The maximum atomic E-state index is 13.9. The second-order valence-electron chi connectivity index (χ2n) is 7.96. The molecule has 4 aromatic carbocycles. The molecule has 0 aromatic heterocycles. The number of benzene rings is 4. The first kappa shape index (κ1) is 23.1. The minimum Gasteiger partial charge on any atom is -0.489 e. The van der Waals surface area contributed by atoms with Crippen LogP contribution in [0.15, 0.2) is 89.8 Å². The normalized spacial score (nSPS) is 14.8. The van der Waals surface area contributed by atoms with Crippen LogP contribution in [0.2, 0.25) is 5.02 Å². The molecule has 0 aliphatic carbocycles.